The third-order valence-electron chi connectivity index (χ3n) is 2.53. The molecule has 1 aliphatic rings. The molecule has 3 nitrogen and oxygen atoms in total. The smallest absolute Gasteiger partial charge is 0.0540 e. The number of aliphatic hydroxyl groups excluding tert-OH is 1. The second-order valence-corrected chi connectivity index (χ2v) is 3.58. The Hall–Kier alpha value is -0.830. The van der Waals surface area contributed by atoms with E-state index in [2.05, 4.69) is 4.99 Å². The number of hydrogen-bond acceptors (Lipinski definition) is 3. The van der Waals surface area contributed by atoms with Crippen molar-refractivity contribution in [2.75, 3.05) is 0 Å². The summed E-state index contributed by atoms with van der Waals surface area (Å²) in [6, 6.07) is 0. The van der Waals surface area contributed by atoms with Gasteiger partial charge in [-0.15, -0.1) is 0 Å². The Morgan fingerprint density at radius 2 is 2.00 bits per heavy atom. The summed E-state index contributed by atoms with van der Waals surface area (Å²) in [5, 5.41) is 9.28. The number of hydrogen-bond donors (Lipinski definition) is 2. The Labute approximate surface area is 79.4 Å². The molecule has 74 valence electrons. The maximum absolute atomic E-state index is 9.28. The SMILES string of the molecule is N/C=C\N=CCC1CCC(O)CC1. The number of rotatable bonds is 3. The fourth-order valence-electron chi connectivity index (χ4n) is 1.70. The van der Waals surface area contributed by atoms with E-state index < -0.39 is 0 Å². The minimum absolute atomic E-state index is 0.0582. The van der Waals surface area contributed by atoms with E-state index in [1.807, 2.05) is 6.21 Å². The summed E-state index contributed by atoms with van der Waals surface area (Å²) in [6.07, 6.45) is 10.0. The standard InChI is InChI=1S/C10H18N2O/c11-6-8-12-7-5-9-1-3-10(13)4-2-9/h6-10,13H,1-5,11H2/b8-6-,12-7?. The molecular weight excluding hydrogens is 164 g/mol. The molecule has 0 heterocycles. The van der Waals surface area contributed by atoms with Gasteiger partial charge in [0.1, 0.15) is 0 Å². The zero-order valence-corrected chi connectivity index (χ0v) is 7.89. The molecule has 0 spiro atoms. The van der Waals surface area contributed by atoms with Crippen molar-refractivity contribution in [3.63, 3.8) is 0 Å². The Balaban J connectivity index is 2.15. The van der Waals surface area contributed by atoms with Crippen molar-refractivity contribution in [1.82, 2.24) is 0 Å². The van der Waals surface area contributed by atoms with Gasteiger partial charge < -0.3 is 10.8 Å². The maximum Gasteiger partial charge on any atom is 0.0540 e. The molecule has 13 heavy (non-hydrogen) atoms. The van der Waals surface area contributed by atoms with Crippen LogP contribution in [0.25, 0.3) is 0 Å². The molecule has 0 bridgehead atoms. The van der Waals surface area contributed by atoms with E-state index in [-0.39, 0.29) is 6.10 Å². The molecule has 3 heteroatoms. The van der Waals surface area contributed by atoms with Crippen molar-refractivity contribution >= 4 is 6.21 Å². The van der Waals surface area contributed by atoms with Crippen LogP contribution in [0.5, 0.6) is 0 Å². The van der Waals surface area contributed by atoms with Crippen LogP contribution in [0.3, 0.4) is 0 Å². The van der Waals surface area contributed by atoms with Crippen LogP contribution < -0.4 is 5.73 Å². The molecule has 0 unspecified atom stereocenters. The number of nitrogens with zero attached hydrogens (tertiary/aromatic N) is 1. The van der Waals surface area contributed by atoms with E-state index in [9.17, 15) is 5.11 Å². The molecule has 3 N–H and O–H groups in total. The summed E-state index contributed by atoms with van der Waals surface area (Å²) in [5.74, 6) is 0.707. The average molecular weight is 182 g/mol. The quantitative estimate of drug-likeness (QED) is 0.649. The lowest BCUT2D eigenvalue weighted by atomic mass is 9.86. The van der Waals surface area contributed by atoms with E-state index in [0.29, 0.717) is 5.92 Å². The Morgan fingerprint density at radius 1 is 1.31 bits per heavy atom. The topological polar surface area (TPSA) is 58.6 Å². The van der Waals surface area contributed by atoms with Gasteiger partial charge in [-0.25, -0.2) is 0 Å². The first kappa shape index (κ1) is 10.3. The maximum atomic E-state index is 9.28. The fourth-order valence-corrected chi connectivity index (χ4v) is 1.70. The van der Waals surface area contributed by atoms with Gasteiger partial charge in [-0.2, -0.15) is 0 Å². The van der Waals surface area contributed by atoms with E-state index in [1.54, 1.807) is 6.20 Å². The second-order valence-electron chi connectivity index (χ2n) is 3.58. The van der Waals surface area contributed by atoms with Crippen molar-refractivity contribution in [3.05, 3.63) is 12.4 Å². The van der Waals surface area contributed by atoms with Crippen LogP contribution in [0.2, 0.25) is 0 Å². The van der Waals surface area contributed by atoms with Gasteiger partial charge >= 0.3 is 0 Å². The zero-order chi connectivity index (χ0) is 9.52. The highest BCUT2D eigenvalue weighted by molar-refractivity contribution is 5.58. The molecular formula is C10H18N2O. The lowest BCUT2D eigenvalue weighted by Crippen LogP contribution is -2.18. The molecule has 1 fully saturated rings. The highest BCUT2D eigenvalue weighted by atomic mass is 16.3. The lowest BCUT2D eigenvalue weighted by molar-refractivity contribution is 0.110. The first-order valence-electron chi connectivity index (χ1n) is 4.89. The normalized spacial score (nSPS) is 30.2. The van der Waals surface area contributed by atoms with Crippen LogP contribution in [-0.4, -0.2) is 17.4 Å². The number of nitrogens with two attached hydrogens (primary N) is 1. The molecule has 1 saturated carbocycles. The highest BCUT2D eigenvalue weighted by Gasteiger charge is 2.17. The van der Waals surface area contributed by atoms with Crippen LogP contribution in [0.4, 0.5) is 0 Å². The van der Waals surface area contributed by atoms with E-state index in [1.165, 1.54) is 6.20 Å². The molecule has 1 aliphatic carbocycles. The lowest BCUT2D eigenvalue weighted by Gasteiger charge is -2.23. The van der Waals surface area contributed by atoms with Crippen LogP contribution in [0.1, 0.15) is 32.1 Å². The van der Waals surface area contributed by atoms with Crippen LogP contribution >= 0.6 is 0 Å². The minimum Gasteiger partial charge on any atom is -0.403 e. The predicted octanol–water partition coefficient (Wildman–Crippen LogP) is 1.43. The molecule has 0 aromatic heterocycles. The zero-order valence-electron chi connectivity index (χ0n) is 7.89. The van der Waals surface area contributed by atoms with Gasteiger partial charge in [-0.05, 0) is 38.0 Å². The van der Waals surface area contributed by atoms with Gasteiger partial charge in [0.15, 0.2) is 0 Å². The van der Waals surface area contributed by atoms with Crippen molar-refractivity contribution in [3.8, 4) is 0 Å². The largest absolute Gasteiger partial charge is 0.403 e. The summed E-state index contributed by atoms with van der Waals surface area (Å²) >= 11 is 0. The molecule has 0 radical (unpaired) electrons. The van der Waals surface area contributed by atoms with Gasteiger partial charge in [0.2, 0.25) is 0 Å². The molecule has 0 aromatic rings. The minimum atomic E-state index is -0.0582. The first-order chi connectivity index (χ1) is 6.33. The summed E-state index contributed by atoms with van der Waals surface area (Å²) < 4.78 is 0. The number of aliphatic hydroxyl groups is 1. The Kier molecular flexibility index (Phi) is 4.54. The van der Waals surface area contributed by atoms with Gasteiger partial charge in [0, 0.05) is 18.6 Å². The van der Waals surface area contributed by atoms with Gasteiger partial charge in [-0.1, -0.05) is 0 Å². The monoisotopic (exact) mass is 182 g/mol. The fraction of sp³-hybridized carbons (Fsp3) is 0.700. The van der Waals surface area contributed by atoms with E-state index in [0.717, 1.165) is 32.1 Å². The van der Waals surface area contributed by atoms with Gasteiger partial charge in [0.05, 0.1) is 6.10 Å². The van der Waals surface area contributed by atoms with Crippen molar-refractivity contribution < 1.29 is 5.11 Å². The van der Waals surface area contributed by atoms with Crippen LogP contribution in [-0.2, 0) is 0 Å². The summed E-state index contributed by atoms with van der Waals surface area (Å²) in [5.41, 5.74) is 5.14. The highest BCUT2D eigenvalue weighted by Crippen LogP contribution is 2.25. The molecule has 0 saturated heterocycles. The van der Waals surface area contributed by atoms with E-state index in [4.69, 9.17) is 5.73 Å². The van der Waals surface area contributed by atoms with Crippen LogP contribution in [0, 0.1) is 5.92 Å². The van der Waals surface area contributed by atoms with Gasteiger partial charge in [0.25, 0.3) is 0 Å². The van der Waals surface area contributed by atoms with Crippen molar-refractivity contribution in [1.29, 1.82) is 0 Å². The third-order valence-corrected chi connectivity index (χ3v) is 2.53. The Morgan fingerprint density at radius 3 is 2.62 bits per heavy atom. The Bertz CT molecular complexity index is 181. The molecule has 0 amide bonds. The van der Waals surface area contributed by atoms with Crippen molar-refractivity contribution in [2.24, 2.45) is 16.6 Å². The summed E-state index contributed by atoms with van der Waals surface area (Å²) in [6.45, 7) is 0. The second kappa shape index (κ2) is 5.75. The van der Waals surface area contributed by atoms with E-state index >= 15 is 0 Å². The average Bonchev–Trinajstić information content (AvgIpc) is 2.15. The molecule has 1 rings (SSSR count). The predicted molar refractivity (Wildman–Crippen MR) is 54.4 cm³/mol. The van der Waals surface area contributed by atoms with Gasteiger partial charge in [-0.3, -0.25) is 4.99 Å². The third kappa shape index (κ3) is 4.08. The number of aliphatic imine (C=N–C) groups is 1. The molecule has 0 atom stereocenters. The van der Waals surface area contributed by atoms with Crippen LogP contribution in [0.15, 0.2) is 17.4 Å². The molecule has 0 aromatic carbocycles. The summed E-state index contributed by atoms with van der Waals surface area (Å²) in [7, 11) is 0. The molecule has 0 aliphatic heterocycles. The summed E-state index contributed by atoms with van der Waals surface area (Å²) in [4.78, 5) is 4.01. The van der Waals surface area contributed by atoms with Crippen molar-refractivity contribution in [2.45, 2.75) is 38.2 Å². The first-order valence-corrected chi connectivity index (χ1v) is 4.89.